The van der Waals surface area contributed by atoms with Crippen molar-refractivity contribution in [2.45, 2.75) is 79.1 Å². The molecule has 176 valence electrons. The van der Waals surface area contributed by atoms with Gasteiger partial charge < -0.3 is 9.84 Å². The number of halogens is 3. The van der Waals surface area contributed by atoms with Gasteiger partial charge in [-0.1, -0.05) is 119 Å². The summed E-state index contributed by atoms with van der Waals surface area (Å²) in [5.74, 6) is 3.14. The highest BCUT2D eigenvalue weighted by molar-refractivity contribution is 9.09. The van der Waals surface area contributed by atoms with Crippen LogP contribution in [0.4, 0.5) is 0 Å². The SMILES string of the molecule is CC(C)c1cccc(C(C)C)c1O.CC(C)c1cccc(C(C)C)c1OCCl.ClCBr. The van der Waals surface area contributed by atoms with Crippen molar-refractivity contribution in [3.63, 3.8) is 0 Å². The Morgan fingerprint density at radius 3 is 1.26 bits per heavy atom. The van der Waals surface area contributed by atoms with Crippen LogP contribution in [0.2, 0.25) is 0 Å². The third-order valence-corrected chi connectivity index (χ3v) is 4.97. The van der Waals surface area contributed by atoms with Crippen molar-refractivity contribution < 1.29 is 9.84 Å². The fourth-order valence-corrected chi connectivity index (χ4v) is 3.32. The lowest BCUT2D eigenvalue weighted by Crippen LogP contribution is -2.02. The van der Waals surface area contributed by atoms with Gasteiger partial charge in [0.05, 0.1) is 4.79 Å². The highest BCUT2D eigenvalue weighted by Crippen LogP contribution is 2.35. The highest BCUT2D eigenvalue weighted by Gasteiger charge is 2.14. The van der Waals surface area contributed by atoms with Gasteiger partial charge in [-0.25, -0.2) is 0 Å². The molecule has 0 spiro atoms. The minimum absolute atomic E-state index is 0.212. The Labute approximate surface area is 208 Å². The summed E-state index contributed by atoms with van der Waals surface area (Å²) in [5, 5.41) is 9.93. The van der Waals surface area contributed by atoms with Gasteiger partial charge in [0.1, 0.15) is 11.5 Å². The minimum Gasteiger partial charge on any atom is -0.507 e. The van der Waals surface area contributed by atoms with Gasteiger partial charge in [0.25, 0.3) is 0 Å². The number of phenolic OH excluding ortho intramolecular Hbond substituents is 1. The summed E-state index contributed by atoms with van der Waals surface area (Å²) < 4.78 is 5.56. The van der Waals surface area contributed by atoms with E-state index in [4.69, 9.17) is 27.9 Å². The molecule has 0 heterocycles. The highest BCUT2D eigenvalue weighted by atomic mass is 79.9. The van der Waals surface area contributed by atoms with Crippen LogP contribution in [0.1, 0.15) is 101 Å². The summed E-state index contributed by atoms with van der Waals surface area (Å²) in [6.45, 7) is 17.1. The first-order valence-corrected chi connectivity index (χ1v) is 13.0. The first-order valence-electron chi connectivity index (χ1n) is 10.8. The Balaban J connectivity index is 0.000000519. The number of rotatable bonds is 6. The lowest BCUT2D eigenvalue weighted by molar-refractivity contribution is 0.375. The number of aromatic hydroxyl groups is 1. The van der Waals surface area contributed by atoms with Gasteiger partial charge in [-0.2, -0.15) is 0 Å². The van der Waals surface area contributed by atoms with Crippen molar-refractivity contribution in [2.24, 2.45) is 0 Å². The molecule has 0 radical (unpaired) electrons. The molecule has 0 atom stereocenters. The van der Waals surface area contributed by atoms with E-state index in [1.165, 1.54) is 11.1 Å². The maximum absolute atomic E-state index is 9.93. The second-order valence-corrected chi connectivity index (χ2v) is 10.2. The zero-order valence-corrected chi connectivity index (χ0v) is 23.3. The Morgan fingerprint density at radius 2 is 1.00 bits per heavy atom. The molecule has 0 saturated carbocycles. The Kier molecular flexibility index (Phi) is 15.4. The van der Waals surface area contributed by atoms with Crippen molar-refractivity contribution in [1.29, 1.82) is 0 Å². The predicted molar refractivity (Wildman–Crippen MR) is 142 cm³/mol. The summed E-state index contributed by atoms with van der Waals surface area (Å²) in [6.07, 6.45) is 0. The van der Waals surface area contributed by atoms with Crippen LogP contribution in [-0.4, -0.2) is 16.0 Å². The van der Waals surface area contributed by atoms with Gasteiger partial charge in [-0.05, 0) is 45.9 Å². The molecule has 2 nitrogen and oxygen atoms in total. The van der Waals surface area contributed by atoms with Gasteiger partial charge in [-0.15, -0.1) is 11.6 Å². The maximum Gasteiger partial charge on any atom is 0.162 e. The molecule has 0 bridgehead atoms. The van der Waals surface area contributed by atoms with Gasteiger partial charge in [0.2, 0.25) is 0 Å². The molecule has 31 heavy (non-hydrogen) atoms. The zero-order valence-electron chi connectivity index (χ0n) is 20.2. The standard InChI is InChI=1S/C13H19ClO.C12H18O.CH2BrCl/c1-9(2)11-6-5-7-12(10(3)4)13(11)15-8-14;1-8(2)10-6-5-7-11(9(3)4)12(10)13;2-1-3/h5-7,9-10H,8H2,1-4H3;5-9,13H,1-4H3;1H2. The van der Waals surface area contributed by atoms with E-state index in [1.54, 1.807) is 0 Å². The van der Waals surface area contributed by atoms with E-state index in [0.29, 0.717) is 34.2 Å². The van der Waals surface area contributed by atoms with Gasteiger partial charge >= 0.3 is 0 Å². The molecular formula is C26H39BrCl2O2. The summed E-state index contributed by atoms with van der Waals surface area (Å²) >= 11 is 13.5. The molecular weight excluding hydrogens is 495 g/mol. The van der Waals surface area contributed by atoms with Gasteiger partial charge in [0, 0.05) is 0 Å². The lowest BCUT2D eigenvalue weighted by atomic mass is 9.94. The van der Waals surface area contributed by atoms with Crippen LogP contribution in [0.5, 0.6) is 11.5 Å². The fourth-order valence-electron chi connectivity index (χ4n) is 3.22. The van der Waals surface area contributed by atoms with Crippen molar-refractivity contribution >= 4 is 39.1 Å². The first kappa shape index (κ1) is 30.1. The fraction of sp³-hybridized carbons (Fsp3) is 0.538. The average Bonchev–Trinajstić information content (AvgIpc) is 2.68. The average molecular weight is 534 g/mol. The number of hydrogen-bond donors (Lipinski definition) is 1. The van der Waals surface area contributed by atoms with E-state index in [-0.39, 0.29) is 6.07 Å². The second-order valence-electron chi connectivity index (χ2n) is 8.52. The largest absolute Gasteiger partial charge is 0.507 e. The molecule has 0 aliphatic rings. The molecule has 0 unspecified atom stereocenters. The van der Waals surface area contributed by atoms with Crippen LogP contribution in [0.3, 0.4) is 0 Å². The number of para-hydroxylation sites is 2. The number of benzene rings is 2. The van der Waals surface area contributed by atoms with Crippen LogP contribution in [0, 0.1) is 0 Å². The molecule has 1 N–H and O–H groups in total. The molecule has 2 aromatic rings. The molecule has 0 aromatic heterocycles. The lowest BCUT2D eigenvalue weighted by Gasteiger charge is -2.18. The van der Waals surface area contributed by atoms with E-state index in [0.717, 1.165) is 16.9 Å². The maximum atomic E-state index is 9.93. The van der Waals surface area contributed by atoms with Gasteiger partial charge in [-0.3, -0.25) is 0 Å². The van der Waals surface area contributed by atoms with E-state index < -0.39 is 0 Å². The van der Waals surface area contributed by atoms with Crippen molar-refractivity contribution in [3.05, 3.63) is 58.7 Å². The molecule has 2 aromatic carbocycles. The quantitative estimate of drug-likeness (QED) is 0.374. The smallest absolute Gasteiger partial charge is 0.162 e. The third-order valence-electron chi connectivity index (χ3n) is 4.86. The van der Waals surface area contributed by atoms with E-state index >= 15 is 0 Å². The number of phenols is 1. The van der Waals surface area contributed by atoms with E-state index in [2.05, 4.69) is 89.5 Å². The summed E-state index contributed by atoms with van der Waals surface area (Å²) in [4.78, 5) is 0.535. The number of hydrogen-bond acceptors (Lipinski definition) is 2. The predicted octanol–water partition coefficient (Wildman–Crippen LogP) is 9.73. The van der Waals surface area contributed by atoms with Crippen molar-refractivity contribution in [1.82, 2.24) is 0 Å². The topological polar surface area (TPSA) is 29.5 Å². The van der Waals surface area contributed by atoms with Crippen LogP contribution < -0.4 is 4.74 Å². The monoisotopic (exact) mass is 532 g/mol. The molecule has 0 fully saturated rings. The molecule has 2 rings (SSSR count). The van der Waals surface area contributed by atoms with E-state index in [9.17, 15) is 5.11 Å². The summed E-state index contributed by atoms with van der Waals surface area (Å²) in [7, 11) is 0. The van der Waals surface area contributed by atoms with Crippen molar-refractivity contribution in [2.75, 3.05) is 10.9 Å². The van der Waals surface area contributed by atoms with Crippen LogP contribution in [-0.2, 0) is 0 Å². The number of alkyl halides is 3. The molecule has 0 aliphatic heterocycles. The molecule has 0 aliphatic carbocycles. The summed E-state index contributed by atoms with van der Waals surface area (Å²) in [5.41, 5.74) is 4.57. The van der Waals surface area contributed by atoms with Crippen LogP contribution in [0.25, 0.3) is 0 Å². The minimum atomic E-state index is 0.212. The Morgan fingerprint density at radius 1 is 0.710 bits per heavy atom. The number of ether oxygens (including phenoxy) is 1. The molecule has 0 amide bonds. The Bertz CT molecular complexity index is 707. The van der Waals surface area contributed by atoms with Crippen LogP contribution >= 0.6 is 39.1 Å². The summed E-state index contributed by atoms with van der Waals surface area (Å²) in [6, 6.07) is 12.5. The zero-order chi connectivity index (χ0) is 24.1. The normalized spacial score (nSPS) is 10.7. The molecule has 5 heteroatoms. The molecule has 0 saturated heterocycles. The van der Waals surface area contributed by atoms with Crippen molar-refractivity contribution in [3.8, 4) is 11.5 Å². The van der Waals surface area contributed by atoms with Gasteiger partial charge in [0.15, 0.2) is 6.07 Å². The Hall–Kier alpha value is -0.900. The van der Waals surface area contributed by atoms with Crippen LogP contribution in [0.15, 0.2) is 36.4 Å². The first-order chi connectivity index (χ1) is 14.5. The third kappa shape index (κ3) is 10.1. The van der Waals surface area contributed by atoms with E-state index in [1.807, 2.05) is 18.2 Å². The second kappa shape index (κ2) is 15.8.